The number of unbranched alkanes of at least 4 members (excludes halogenated alkanes) is 35. The highest BCUT2D eigenvalue weighted by Gasteiger charge is 2.27. The van der Waals surface area contributed by atoms with Crippen LogP contribution in [0.2, 0.25) is 0 Å². The molecule has 0 radical (unpaired) electrons. The van der Waals surface area contributed by atoms with Crippen molar-refractivity contribution in [2.24, 2.45) is 0 Å². The number of aliphatic hydroxyl groups excluding tert-OH is 1. The monoisotopic (exact) mass is 872 g/mol. The lowest BCUT2D eigenvalue weighted by atomic mass is 10.0. The Balaban J connectivity index is 4.18. The van der Waals surface area contributed by atoms with Gasteiger partial charge >= 0.3 is 7.82 Å². The number of carbonyl (C=O) groups excluding carboxylic acids is 1. The molecule has 358 valence electrons. The Labute approximate surface area is 373 Å². The number of rotatable bonds is 48. The number of nitrogens with zero attached hydrogens (tertiary/aromatic N) is 1. The summed E-state index contributed by atoms with van der Waals surface area (Å²) in [6, 6.07) is -0.840. The van der Waals surface area contributed by atoms with E-state index >= 15 is 0 Å². The maximum atomic E-state index is 12.9. The molecule has 0 aliphatic heterocycles. The smallest absolute Gasteiger partial charge is 0.387 e. The van der Waals surface area contributed by atoms with Gasteiger partial charge in [-0.1, -0.05) is 244 Å². The van der Waals surface area contributed by atoms with Gasteiger partial charge in [0.1, 0.15) is 13.2 Å². The van der Waals surface area contributed by atoms with Crippen LogP contribution in [0.1, 0.15) is 258 Å². The van der Waals surface area contributed by atoms with Crippen molar-refractivity contribution >= 4 is 13.7 Å². The van der Waals surface area contributed by atoms with E-state index in [0.29, 0.717) is 17.4 Å². The maximum absolute atomic E-state index is 12.9. The minimum atomic E-state index is -4.34. The van der Waals surface area contributed by atoms with Crippen molar-refractivity contribution in [1.82, 2.24) is 5.32 Å². The van der Waals surface area contributed by atoms with Crippen molar-refractivity contribution in [2.45, 2.75) is 270 Å². The molecule has 3 atom stereocenters. The van der Waals surface area contributed by atoms with E-state index in [1.807, 2.05) is 27.2 Å². The summed E-state index contributed by atoms with van der Waals surface area (Å²) in [5.41, 5.74) is 0. The lowest BCUT2D eigenvalue weighted by Crippen LogP contribution is -2.45. The molecule has 0 saturated carbocycles. The standard InChI is InChI=1S/C51H103N2O6P/c1-6-8-10-12-14-16-18-20-22-23-24-25-26-27-28-29-30-31-33-35-37-39-41-43-45-51(55)52-49(48-59-60(56,57)58-47-46-53(3,4)5)50(54)44-42-40-38-36-34-32-21-19-17-15-13-11-9-7-2/h42,44,49-50,54H,6-41,43,45-48H2,1-5H3,(H-,52,55,56,57)/p+1/b44-42+. The van der Waals surface area contributed by atoms with Gasteiger partial charge in [0.2, 0.25) is 5.91 Å². The van der Waals surface area contributed by atoms with E-state index in [1.165, 1.54) is 199 Å². The van der Waals surface area contributed by atoms with Gasteiger partial charge < -0.3 is 19.8 Å². The quantitative estimate of drug-likeness (QED) is 0.0243. The molecule has 9 heteroatoms. The second-order valence-electron chi connectivity index (χ2n) is 19.3. The van der Waals surface area contributed by atoms with Crippen molar-refractivity contribution in [1.29, 1.82) is 0 Å². The molecule has 1 amide bonds. The summed E-state index contributed by atoms with van der Waals surface area (Å²) in [7, 11) is 1.59. The van der Waals surface area contributed by atoms with Gasteiger partial charge in [-0.25, -0.2) is 4.57 Å². The van der Waals surface area contributed by atoms with E-state index in [2.05, 4.69) is 19.2 Å². The molecule has 0 spiro atoms. The summed E-state index contributed by atoms with van der Waals surface area (Å²) < 4.78 is 23.6. The fourth-order valence-electron chi connectivity index (χ4n) is 7.87. The van der Waals surface area contributed by atoms with E-state index in [4.69, 9.17) is 9.05 Å². The molecule has 0 heterocycles. The predicted molar refractivity (Wildman–Crippen MR) is 259 cm³/mol. The maximum Gasteiger partial charge on any atom is 0.472 e. The minimum Gasteiger partial charge on any atom is -0.387 e. The molecule has 8 nitrogen and oxygen atoms in total. The van der Waals surface area contributed by atoms with Crippen molar-refractivity contribution in [3.05, 3.63) is 12.2 Å². The van der Waals surface area contributed by atoms with Crippen LogP contribution >= 0.6 is 7.82 Å². The molecule has 0 rings (SSSR count). The molecule has 0 aliphatic carbocycles. The van der Waals surface area contributed by atoms with Crippen molar-refractivity contribution in [2.75, 3.05) is 40.9 Å². The van der Waals surface area contributed by atoms with Crippen LogP contribution in [0.3, 0.4) is 0 Å². The molecule has 0 aromatic heterocycles. The van der Waals surface area contributed by atoms with Crippen LogP contribution in [0.4, 0.5) is 0 Å². The number of phosphoric ester groups is 1. The third-order valence-corrected chi connectivity index (χ3v) is 13.0. The average molecular weight is 872 g/mol. The summed E-state index contributed by atoms with van der Waals surface area (Å²) in [6.07, 6.45) is 51.5. The highest BCUT2D eigenvalue weighted by molar-refractivity contribution is 7.47. The molecule has 3 N–H and O–H groups in total. The minimum absolute atomic E-state index is 0.0649. The van der Waals surface area contributed by atoms with Gasteiger partial charge in [0, 0.05) is 6.42 Å². The number of phosphoric acid groups is 1. The summed E-state index contributed by atoms with van der Waals surface area (Å²) >= 11 is 0. The number of aliphatic hydroxyl groups is 1. The Morgan fingerprint density at radius 2 is 0.883 bits per heavy atom. The number of nitrogens with one attached hydrogen (secondary N) is 1. The Morgan fingerprint density at radius 3 is 1.23 bits per heavy atom. The fourth-order valence-corrected chi connectivity index (χ4v) is 8.60. The lowest BCUT2D eigenvalue weighted by Gasteiger charge is -2.25. The molecule has 60 heavy (non-hydrogen) atoms. The number of hydrogen-bond acceptors (Lipinski definition) is 5. The summed E-state index contributed by atoms with van der Waals surface area (Å²) in [6.45, 7) is 4.85. The van der Waals surface area contributed by atoms with Crippen molar-refractivity contribution in [3.8, 4) is 0 Å². The lowest BCUT2D eigenvalue weighted by molar-refractivity contribution is -0.870. The van der Waals surface area contributed by atoms with Crippen LogP contribution in [0, 0.1) is 0 Å². The van der Waals surface area contributed by atoms with Gasteiger partial charge in [0.05, 0.1) is 39.9 Å². The molecule has 0 aromatic rings. The highest BCUT2D eigenvalue weighted by atomic mass is 31.2. The van der Waals surface area contributed by atoms with E-state index in [9.17, 15) is 19.4 Å². The summed E-state index contributed by atoms with van der Waals surface area (Å²) in [5.74, 6) is -0.172. The van der Waals surface area contributed by atoms with Crippen LogP contribution in [0.5, 0.6) is 0 Å². The number of allylic oxidation sites excluding steroid dienone is 1. The van der Waals surface area contributed by atoms with E-state index < -0.39 is 20.0 Å². The Bertz CT molecular complexity index is 989. The number of carbonyl (C=O) groups is 1. The SMILES string of the molecule is CCCCCCCCCCCCCC/C=C/C(O)C(COP(=O)(O)OCC[N+](C)(C)C)NC(=O)CCCCCCCCCCCCCCCCCCCCCCCCCC. The second kappa shape index (κ2) is 43.5. The average Bonchev–Trinajstić information content (AvgIpc) is 3.20. The zero-order valence-electron chi connectivity index (χ0n) is 40.7. The molecular weight excluding hydrogens is 768 g/mol. The molecule has 0 aromatic carbocycles. The molecule has 3 unspecified atom stereocenters. The van der Waals surface area contributed by atoms with Crippen LogP contribution in [-0.2, 0) is 18.4 Å². The molecule has 0 saturated heterocycles. The Kier molecular flexibility index (Phi) is 42.9. The molecular formula is C51H104N2O6P+. The van der Waals surface area contributed by atoms with E-state index in [1.54, 1.807) is 6.08 Å². The van der Waals surface area contributed by atoms with Gasteiger partial charge in [0.25, 0.3) is 0 Å². The Hall–Kier alpha value is -0.760. The van der Waals surface area contributed by atoms with Gasteiger partial charge in [-0.15, -0.1) is 0 Å². The number of quaternary nitrogens is 1. The second-order valence-corrected chi connectivity index (χ2v) is 20.7. The van der Waals surface area contributed by atoms with Crippen LogP contribution in [0.15, 0.2) is 12.2 Å². The third kappa shape index (κ3) is 45.3. The van der Waals surface area contributed by atoms with Crippen molar-refractivity contribution < 1.29 is 32.9 Å². The Morgan fingerprint density at radius 1 is 0.550 bits per heavy atom. The predicted octanol–water partition coefficient (Wildman–Crippen LogP) is 15.1. The first kappa shape index (κ1) is 59.2. The number of likely N-dealkylation sites (N-methyl/N-ethyl adjacent to an activating group) is 1. The first-order valence-electron chi connectivity index (χ1n) is 26.1. The highest BCUT2D eigenvalue weighted by Crippen LogP contribution is 2.43. The van der Waals surface area contributed by atoms with Crippen molar-refractivity contribution in [3.63, 3.8) is 0 Å². The van der Waals surface area contributed by atoms with E-state index in [0.717, 1.165) is 38.5 Å². The molecule has 0 fully saturated rings. The topological polar surface area (TPSA) is 105 Å². The van der Waals surface area contributed by atoms with Crippen LogP contribution in [-0.4, -0.2) is 73.4 Å². The molecule has 0 aliphatic rings. The zero-order valence-corrected chi connectivity index (χ0v) is 41.6. The number of hydrogen-bond donors (Lipinski definition) is 3. The fraction of sp³-hybridized carbons (Fsp3) is 0.941. The van der Waals surface area contributed by atoms with Gasteiger partial charge in [-0.2, -0.15) is 0 Å². The summed E-state index contributed by atoms with van der Waals surface area (Å²) in [4.78, 5) is 23.2. The normalized spacial score (nSPS) is 14.2. The van der Waals surface area contributed by atoms with Gasteiger partial charge in [-0.05, 0) is 19.3 Å². The van der Waals surface area contributed by atoms with Gasteiger partial charge in [0.15, 0.2) is 0 Å². The summed E-state index contributed by atoms with van der Waals surface area (Å²) in [5, 5.41) is 13.9. The van der Waals surface area contributed by atoms with Crippen LogP contribution in [0.25, 0.3) is 0 Å². The third-order valence-electron chi connectivity index (χ3n) is 12.0. The number of amides is 1. The van der Waals surface area contributed by atoms with Gasteiger partial charge in [-0.3, -0.25) is 13.8 Å². The van der Waals surface area contributed by atoms with Crippen LogP contribution < -0.4 is 5.32 Å². The largest absolute Gasteiger partial charge is 0.472 e. The zero-order chi connectivity index (χ0) is 44.3. The first-order chi connectivity index (χ1) is 29.0. The van der Waals surface area contributed by atoms with E-state index in [-0.39, 0.29) is 19.1 Å². The molecule has 0 bridgehead atoms. The first-order valence-corrected chi connectivity index (χ1v) is 27.6.